The maximum absolute atomic E-state index is 13.0. The van der Waals surface area contributed by atoms with Crippen molar-refractivity contribution in [1.29, 1.82) is 0 Å². The van der Waals surface area contributed by atoms with Crippen LogP contribution in [0, 0.1) is 18.2 Å². The summed E-state index contributed by atoms with van der Waals surface area (Å²) in [5.74, 6) is 1.16. The van der Waals surface area contributed by atoms with Gasteiger partial charge in [0.2, 0.25) is 11.8 Å². The van der Waals surface area contributed by atoms with Crippen molar-refractivity contribution in [3.63, 3.8) is 0 Å². The molecule has 0 radical (unpaired) electrons. The van der Waals surface area contributed by atoms with Gasteiger partial charge in [-0.15, -0.1) is 6.42 Å². The Labute approximate surface area is 191 Å². The highest BCUT2D eigenvalue weighted by molar-refractivity contribution is 7.92. The van der Waals surface area contributed by atoms with E-state index < -0.39 is 21.7 Å². The molecule has 33 heavy (non-hydrogen) atoms. The lowest BCUT2D eigenvalue weighted by atomic mass is 10.1. The van der Waals surface area contributed by atoms with E-state index in [0.717, 1.165) is 12.1 Å². The molecule has 0 fully saturated rings. The molecule has 168 valence electrons. The molecule has 0 aliphatic rings. The minimum absolute atomic E-state index is 0.00481. The van der Waals surface area contributed by atoms with Gasteiger partial charge in [0.05, 0.1) is 17.9 Å². The fraction of sp³-hybridized carbons (Fsp3) is 0.0833. The van der Waals surface area contributed by atoms with Crippen LogP contribution >= 0.6 is 0 Å². The summed E-state index contributed by atoms with van der Waals surface area (Å²) >= 11 is 0. The molecule has 3 aromatic carbocycles. The van der Waals surface area contributed by atoms with Gasteiger partial charge in [-0.3, -0.25) is 14.3 Å². The lowest BCUT2D eigenvalue weighted by molar-refractivity contribution is -0.123. The van der Waals surface area contributed by atoms with Crippen LogP contribution in [0.5, 0.6) is 0 Å². The molecule has 0 spiro atoms. The molecule has 0 atom stereocenters. The van der Waals surface area contributed by atoms with Gasteiger partial charge in [-0.2, -0.15) is 0 Å². The normalized spacial score (nSPS) is 10.7. The summed E-state index contributed by atoms with van der Waals surface area (Å²) in [4.78, 5) is 24.1. The van der Waals surface area contributed by atoms with Crippen molar-refractivity contribution in [3.05, 3.63) is 89.7 Å². The first-order valence-corrected chi connectivity index (χ1v) is 11.2. The van der Waals surface area contributed by atoms with E-state index in [-0.39, 0.29) is 29.5 Å². The number of carbonyl (C=O) groups excluding carboxylic acids is 2. The molecule has 0 bridgehead atoms. The van der Waals surface area contributed by atoms with Gasteiger partial charge in [0.1, 0.15) is 5.82 Å². The molecule has 0 unspecified atom stereocenters. The molecule has 0 heterocycles. The number of nitrogens with one attached hydrogen (secondary N) is 3. The van der Waals surface area contributed by atoms with E-state index in [1.165, 1.54) is 24.3 Å². The first-order chi connectivity index (χ1) is 15.7. The lowest BCUT2D eigenvalue weighted by Crippen LogP contribution is -2.33. The molecule has 7 nitrogen and oxygen atoms in total. The largest absolute Gasteiger partial charge is 0.347 e. The van der Waals surface area contributed by atoms with Crippen molar-refractivity contribution in [1.82, 2.24) is 5.32 Å². The number of sulfonamides is 1. The molecule has 0 saturated heterocycles. The average Bonchev–Trinajstić information content (AvgIpc) is 2.79. The zero-order valence-corrected chi connectivity index (χ0v) is 18.2. The molecule has 0 aliphatic carbocycles. The summed E-state index contributed by atoms with van der Waals surface area (Å²) in [6, 6.07) is 17.4. The smallest absolute Gasteiger partial charge is 0.261 e. The second-order valence-electron chi connectivity index (χ2n) is 6.98. The van der Waals surface area contributed by atoms with Crippen LogP contribution in [0.4, 0.5) is 15.8 Å². The zero-order chi connectivity index (χ0) is 23.8. The van der Waals surface area contributed by atoms with Crippen molar-refractivity contribution in [3.8, 4) is 12.3 Å². The molecule has 2 amide bonds. The molecule has 3 rings (SSSR count). The Morgan fingerprint density at radius 3 is 2.27 bits per heavy atom. The van der Waals surface area contributed by atoms with Crippen LogP contribution < -0.4 is 15.4 Å². The summed E-state index contributed by atoms with van der Waals surface area (Å²) in [7, 11) is -3.87. The number of hydrogen-bond donors (Lipinski definition) is 3. The third kappa shape index (κ3) is 6.92. The SMILES string of the molecule is C#Cc1cccc(NC(=O)CNC(=O)Cc2ccc(NS(=O)(=O)c3ccc(F)cc3)cc2)c1. The van der Waals surface area contributed by atoms with Crippen LogP contribution in [-0.4, -0.2) is 26.8 Å². The standard InChI is InChI=1S/C24H20FN3O4S/c1-2-17-4-3-5-21(14-17)27-24(30)16-26-23(29)15-18-6-10-20(11-7-18)28-33(31,32)22-12-8-19(25)9-13-22/h1,3-14,28H,15-16H2,(H,26,29)(H,27,30). The van der Waals surface area contributed by atoms with Crippen LogP contribution in [0.1, 0.15) is 11.1 Å². The first kappa shape index (κ1) is 23.5. The highest BCUT2D eigenvalue weighted by atomic mass is 32.2. The highest BCUT2D eigenvalue weighted by Gasteiger charge is 2.14. The first-order valence-electron chi connectivity index (χ1n) is 9.76. The number of terminal acetylenes is 1. The summed E-state index contributed by atoms with van der Waals surface area (Å²) in [5, 5.41) is 5.17. The molecular formula is C24H20FN3O4S. The molecule has 0 saturated carbocycles. The van der Waals surface area contributed by atoms with E-state index in [9.17, 15) is 22.4 Å². The van der Waals surface area contributed by atoms with Crippen LogP contribution in [-0.2, 0) is 26.0 Å². The molecule has 0 aliphatic heterocycles. The Kier molecular flexibility index (Phi) is 7.43. The van der Waals surface area contributed by atoms with Gasteiger partial charge in [-0.1, -0.05) is 24.1 Å². The fourth-order valence-electron chi connectivity index (χ4n) is 2.84. The van der Waals surface area contributed by atoms with Crippen LogP contribution in [0.3, 0.4) is 0 Å². The summed E-state index contributed by atoms with van der Waals surface area (Å²) in [5.41, 5.74) is 2.07. The van der Waals surface area contributed by atoms with Crippen molar-refractivity contribution in [2.24, 2.45) is 0 Å². The van der Waals surface area contributed by atoms with Crippen molar-refractivity contribution < 1.29 is 22.4 Å². The second kappa shape index (κ2) is 10.4. The highest BCUT2D eigenvalue weighted by Crippen LogP contribution is 2.17. The minimum atomic E-state index is -3.87. The van der Waals surface area contributed by atoms with Crippen LogP contribution in [0.15, 0.2) is 77.7 Å². The van der Waals surface area contributed by atoms with E-state index in [4.69, 9.17) is 6.42 Å². The average molecular weight is 466 g/mol. The van der Waals surface area contributed by atoms with Gasteiger partial charge < -0.3 is 10.6 Å². The van der Waals surface area contributed by atoms with E-state index in [0.29, 0.717) is 16.8 Å². The Morgan fingerprint density at radius 2 is 1.61 bits per heavy atom. The third-order valence-electron chi connectivity index (χ3n) is 4.45. The van der Waals surface area contributed by atoms with Gasteiger partial charge in [0.25, 0.3) is 10.0 Å². The molecular weight excluding hydrogens is 445 g/mol. The van der Waals surface area contributed by atoms with Crippen molar-refractivity contribution >= 4 is 33.2 Å². The maximum atomic E-state index is 13.0. The summed E-state index contributed by atoms with van der Waals surface area (Å²) < 4.78 is 40.1. The quantitative estimate of drug-likeness (QED) is 0.445. The number of hydrogen-bond acceptors (Lipinski definition) is 4. The number of amides is 2. The van der Waals surface area contributed by atoms with Gasteiger partial charge in [-0.25, -0.2) is 12.8 Å². The number of rotatable bonds is 8. The Balaban J connectivity index is 1.50. The van der Waals surface area contributed by atoms with E-state index in [1.807, 2.05) is 0 Å². The minimum Gasteiger partial charge on any atom is -0.347 e. The number of benzene rings is 3. The Hall–Kier alpha value is -4.16. The molecule has 9 heteroatoms. The third-order valence-corrected chi connectivity index (χ3v) is 5.85. The second-order valence-corrected chi connectivity index (χ2v) is 8.67. The number of carbonyl (C=O) groups is 2. The van der Waals surface area contributed by atoms with E-state index in [1.54, 1.807) is 36.4 Å². The predicted molar refractivity (Wildman–Crippen MR) is 123 cm³/mol. The topological polar surface area (TPSA) is 104 Å². The van der Waals surface area contributed by atoms with Crippen LogP contribution in [0.25, 0.3) is 0 Å². The Bertz CT molecular complexity index is 1300. The van der Waals surface area contributed by atoms with Crippen LogP contribution in [0.2, 0.25) is 0 Å². The van der Waals surface area contributed by atoms with E-state index >= 15 is 0 Å². The van der Waals surface area contributed by atoms with Gasteiger partial charge in [0, 0.05) is 16.9 Å². The predicted octanol–water partition coefficient (Wildman–Crippen LogP) is 2.91. The van der Waals surface area contributed by atoms with Crippen molar-refractivity contribution in [2.75, 3.05) is 16.6 Å². The fourth-order valence-corrected chi connectivity index (χ4v) is 3.90. The number of anilines is 2. The van der Waals surface area contributed by atoms with Crippen molar-refractivity contribution in [2.45, 2.75) is 11.3 Å². The lowest BCUT2D eigenvalue weighted by Gasteiger charge is -2.10. The van der Waals surface area contributed by atoms with Gasteiger partial charge >= 0.3 is 0 Å². The monoisotopic (exact) mass is 465 g/mol. The molecule has 0 aromatic heterocycles. The Morgan fingerprint density at radius 1 is 0.909 bits per heavy atom. The number of halogens is 1. The van der Waals surface area contributed by atoms with Gasteiger partial charge in [-0.05, 0) is 60.2 Å². The summed E-state index contributed by atoms with van der Waals surface area (Å²) in [6.07, 6.45) is 5.33. The van der Waals surface area contributed by atoms with Gasteiger partial charge in [0.15, 0.2) is 0 Å². The van der Waals surface area contributed by atoms with E-state index in [2.05, 4.69) is 21.3 Å². The summed E-state index contributed by atoms with van der Waals surface area (Å²) in [6.45, 7) is -0.214. The maximum Gasteiger partial charge on any atom is 0.261 e. The molecule has 3 aromatic rings. The molecule has 3 N–H and O–H groups in total. The zero-order valence-electron chi connectivity index (χ0n) is 17.3.